The Morgan fingerprint density at radius 3 is 2.58 bits per heavy atom. The SMILES string of the molecule is CCc1cc(C(=O)OC(C)C(=O)NC(=O)NC2CCCC2)sc1C. The number of hydrogen-bond acceptors (Lipinski definition) is 5. The molecule has 1 saturated carbocycles. The van der Waals surface area contributed by atoms with Gasteiger partial charge in [0.1, 0.15) is 4.88 Å². The van der Waals surface area contributed by atoms with E-state index in [0.29, 0.717) is 4.88 Å². The molecular weight excluding hydrogens is 328 g/mol. The average molecular weight is 352 g/mol. The van der Waals surface area contributed by atoms with Gasteiger partial charge in [0.2, 0.25) is 0 Å². The van der Waals surface area contributed by atoms with Gasteiger partial charge in [-0.15, -0.1) is 11.3 Å². The zero-order valence-corrected chi connectivity index (χ0v) is 15.1. The standard InChI is InChI=1S/C17H24N2O4S/c1-4-12-9-14(24-11(12)3)16(21)23-10(2)15(20)19-17(22)18-13-7-5-6-8-13/h9-10,13H,4-8H2,1-3H3,(H2,18,19,20,22). The first-order valence-corrected chi connectivity index (χ1v) is 9.14. The molecule has 1 aromatic heterocycles. The molecule has 1 heterocycles. The van der Waals surface area contributed by atoms with Crippen LogP contribution in [0.3, 0.4) is 0 Å². The summed E-state index contributed by atoms with van der Waals surface area (Å²) in [6.45, 7) is 5.42. The van der Waals surface area contributed by atoms with E-state index in [1.807, 2.05) is 13.8 Å². The van der Waals surface area contributed by atoms with Crippen LogP contribution in [-0.2, 0) is 16.0 Å². The predicted octanol–water partition coefficient (Wildman–Crippen LogP) is 2.93. The number of esters is 1. The van der Waals surface area contributed by atoms with Crippen molar-refractivity contribution in [2.75, 3.05) is 0 Å². The highest BCUT2D eigenvalue weighted by atomic mass is 32.1. The van der Waals surface area contributed by atoms with E-state index in [0.717, 1.165) is 42.5 Å². The molecular formula is C17H24N2O4S. The lowest BCUT2D eigenvalue weighted by atomic mass is 10.2. The lowest BCUT2D eigenvalue weighted by Gasteiger charge is -2.15. The lowest BCUT2D eigenvalue weighted by Crippen LogP contribution is -2.47. The topological polar surface area (TPSA) is 84.5 Å². The number of carbonyl (C=O) groups is 3. The molecule has 1 unspecified atom stereocenters. The molecule has 7 heteroatoms. The monoisotopic (exact) mass is 352 g/mol. The van der Waals surface area contributed by atoms with Crippen molar-refractivity contribution in [1.29, 1.82) is 0 Å². The van der Waals surface area contributed by atoms with Crippen molar-refractivity contribution in [3.8, 4) is 0 Å². The number of amides is 3. The van der Waals surface area contributed by atoms with E-state index in [1.165, 1.54) is 18.3 Å². The van der Waals surface area contributed by atoms with Gasteiger partial charge < -0.3 is 10.1 Å². The summed E-state index contributed by atoms with van der Waals surface area (Å²) in [7, 11) is 0. The van der Waals surface area contributed by atoms with Gasteiger partial charge in [-0.05, 0) is 44.7 Å². The number of ether oxygens (including phenoxy) is 1. The molecule has 0 spiro atoms. The minimum absolute atomic E-state index is 0.122. The number of carbonyl (C=O) groups excluding carboxylic acids is 3. The number of urea groups is 1. The molecule has 3 amide bonds. The summed E-state index contributed by atoms with van der Waals surface area (Å²) < 4.78 is 5.16. The van der Waals surface area contributed by atoms with Crippen molar-refractivity contribution in [3.05, 3.63) is 21.4 Å². The summed E-state index contributed by atoms with van der Waals surface area (Å²) in [6.07, 6.45) is 3.86. The predicted molar refractivity (Wildman–Crippen MR) is 92.2 cm³/mol. The van der Waals surface area contributed by atoms with E-state index in [1.54, 1.807) is 6.07 Å². The molecule has 1 fully saturated rings. The van der Waals surface area contributed by atoms with Crippen LogP contribution in [0.2, 0.25) is 0 Å². The van der Waals surface area contributed by atoms with Crippen LogP contribution in [-0.4, -0.2) is 30.1 Å². The normalized spacial score (nSPS) is 15.8. The quantitative estimate of drug-likeness (QED) is 0.798. The molecule has 0 saturated heterocycles. The Morgan fingerprint density at radius 1 is 1.33 bits per heavy atom. The molecule has 1 aliphatic rings. The summed E-state index contributed by atoms with van der Waals surface area (Å²) in [6, 6.07) is 1.38. The first kappa shape index (κ1) is 18.4. The number of thiophene rings is 1. The van der Waals surface area contributed by atoms with Crippen molar-refractivity contribution in [3.63, 3.8) is 0 Å². The third kappa shape index (κ3) is 4.80. The van der Waals surface area contributed by atoms with Gasteiger partial charge in [-0.3, -0.25) is 10.1 Å². The Balaban J connectivity index is 1.83. The summed E-state index contributed by atoms with van der Waals surface area (Å²) in [5.41, 5.74) is 1.10. The summed E-state index contributed by atoms with van der Waals surface area (Å²) in [5, 5.41) is 4.99. The van der Waals surface area contributed by atoms with Crippen LogP contribution < -0.4 is 10.6 Å². The minimum Gasteiger partial charge on any atom is -0.448 e. The Morgan fingerprint density at radius 2 is 2.00 bits per heavy atom. The maximum atomic E-state index is 12.1. The van der Waals surface area contributed by atoms with E-state index in [4.69, 9.17) is 4.74 Å². The fraction of sp³-hybridized carbons (Fsp3) is 0.588. The van der Waals surface area contributed by atoms with Crippen LogP contribution in [0.4, 0.5) is 4.79 Å². The maximum absolute atomic E-state index is 12.1. The van der Waals surface area contributed by atoms with Crippen molar-refractivity contribution in [2.45, 2.75) is 65.0 Å². The first-order valence-electron chi connectivity index (χ1n) is 8.32. The molecule has 1 atom stereocenters. The van der Waals surface area contributed by atoms with Gasteiger partial charge in [-0.1, -0.05) is 19.8 Å². The van der Waals surface area contributed by atoms with Gasteiger partial charge in [0, 0.05) is 10.9 Å². The number of nitrogens with one attached hydrogen (secondary N) is 2. The highest BCUT2D eigenvalue weighted by molar-refractivity contribution is 7.14. The average Bonchev–Trinajstić information content (AvgIpc) is 3.16. The van der Waals surface area contributed by atoms with E-state index in [2.05, 4.69) is 10.6 Å². The second-order valence-electron chi connectivity index (χ2n) is 6.04. The van der Waals surface area contributed by atoms with Crippen molar-refractivity contribution >= 4 is 29.2 Å². The third-order valence-electron chi connectivity index (χ3n) is 4.18. The summed E-state index contributed by atoms with van der Waals surface area (Å²) in [5.74, 6) is -1.16. The molecule has 2 N–H and O–H groups in total. The molecule has 1 aromatic rings. The number of imide groups is 1. The first-order chi connectivity index (χ1) is 11.4. The molecule has 1 aliphatic carbocycles. The highest BCUT2D eigenvalue weighted by Gasteiger charge is 2.24. The van der Waals surface area contributed by atoms with Crippen LogP contribution in [0.1, 0.15) is 59.6 Å². The molecule has 24 heavy (non-hydrogen) atoms. The smallest absolute Gasteiger partial charge is 0.349 e. The zero-order valence-electron chi connectivity index (χ0n) is 14.3. The van der Waals surface area contributed by atoms with Gasteiger partial charge in [0.05, 0.1) is 0 Å². The second kappa shape index (κ2) is 8.28. The van der Waals surface area contributed by atoms with Crippen LogP contribution in [0.15, 0.2) is 6.07 Å². The molecule has 0 bridgehead atoms. The molecule has 0 aromatic carbocycles. The minimum atomic E-state index is -1.03. The maximum Gasteiger partial charge on any atom is 0.349 e. The Kier molecular flexibility index (Phi) is 6.36. The fourth-order valence-electron chi connectivity index (χ4n) is 2.75. The number of hydrogen-bond donors (Lipinski definition) is 2. The van der Waals surface area contributed by atoms with Gasteiger partial charge >= 0.3 is 12.0 Å². The zero-order chi connectivity index (χ0) is 17.7. The lowest BCUT2D eigenvalue weighted by molar-refractivity contribution is -0.127. The molecule has 0 radical (unpaired) electrons. The van der Waals surface area contributed by atoms with Crippen molar-refractivity contribution in [2.24, 2.45) is 0 Å². The Hall–Kier alpha value is -1.89. The Labute approximate surface area is 146 Å². The molecule has 0 aliphatic heterocycles. The summed E-state index contributed by atoms with van der Waals surface area (Å²) in [4.78, 5) is 37.4. The third-order valence-corrected chi connectivity index (χ3v) is 5.26. The van der Waals surface area contributed by atoms with E-state index in [-0.39, 0.29) is 6.04 Å². The highest BCUT2D eigenvalue weighted by Crippen LogP contribution is 2.23. The second-order valence-corrected chi connectivity index (χ2v) is 7.29. The van der Waals surface area contributed by atoms with Crippen molar-refractivity contribution < 1.29 is 19.1 Å². The van der Waals surface area contributed by atoms with Crippen LogP contribution in [0, 0.1) is 6.92 Å². The van der Waals surface area contributed by atoms with Gasteiger partial charge in [-0.2, -0.15) is 0 Å². The van der Waals surface area contributed by atoms with Crippen LogP contribution in [0.5, 0.6) is 0 Å². The molecule has 6 nitrogen and oxygen atoms in total. The van der Waals surface area contributed by atoms with E-state index < -0.39 is 24.0 Å². The van der Waals surface area contributed by atoms with Crippen molar-refractivity contribution in [1.82, 2.24) is 10.6 Å². The van der Waals surface area contributed by atoms with Crippen LogP contribution in [0.25, 0.3) is 0 Å². The van der Waals surface area contributed by atoms with Gasteiger partial charge in [-0.25, -0.2) is 9.59 Å². The number of rotatable bonds is 5. The Bertz CT molecular complexity index is 620. The van der Waals surface area contributed by atoms with Gasteiger partial charge in [0.15, 0.2) is 6.10 Å². The van der Waals surface area contributed by atoms with Crippen LogP contribution >= 0.6 is 11.3 Å². The molecule has 132 valence electrons. The number of aryl methyl sites for hydroxylation is 2. The van der Waals surface area contributed by atoms with E-state index in [9.17, 15) is 14.4 Å². The fourth-order valence-corrected chi connectivity index (χ4v) is 3.75. The van der Waals surface area contributed by atoms with E-state index >= 15 is 0 Å². The molecule has 2 rings (SSSR count). The van der Waals surface area contributed by atoms with Gasteiger partial charge in [0.25, 0.3) is 5.91 Å². The summed E-state index contributed by atoms with van der Waals surface area (Å²) >= 11 is 1.35. The largest absolute Gasteiger partial charge is 0.448 e.